The number of rotatable bonds is 2. The number of carbonyl (C=O) groups is 1. The lowest BCUT2D eigenvalue weighted by Gasteiger charge is -2.16. The first-order chi connectivity index (χ1) is 9.65. The Morgan fingerprint density at radius 1 is 0.950 bits per heavy atom. The summed E-state index contributed by atoms with van der Waals surface area (Å²) in [7, 11) is 0. The van der Waals surface area contributed by atoms with Gasteiger partial charge in [-0.15, -0.1) is 0 Å². The van der Waals surface area contributed by atoms with E-state index in [9.17, 15) is 4.79 Å². The molecule has 1 aliphatic rings. The van der Waals surface area contributed by atoms with E-state index in [1.807, 2.05) is 18.2 Å². The summed E-state index contributed by atoms with van der Waals surface area (Å²) in [6, 6.07) is 11.6. The highest BCUT2D eigenvalue weighted by Crippen LogP contribution is 2.25. The van der Waals surface area contributed by atoms with E-state index in [0.29, 0.717) is 10.6 Å². The van der Waals surface area contributed by atoms with Gasteiger partial charge in [0.05, 0.1) is 5.02 Å². The van der Waals surface area contributed by atoms with Crippen LogP contribution in [-0.4, -0.2) is 5.78 Å². The van der Waals surface area contributed by atoms with Crippen LogP contribution in [0.2, 0.25) is 5.02 Å². The molecule has 0 unspecified atom stereocenters. The Morgan fingerprint density at radius 3 is 2.35 bits per heavy atom. The molecule has 0 saturated heterocycles. The topological polar surface area (TPSA) is 17.1 Å². The number of hydrogen-bond donors (Lipinski definition) is 0. The van der Waals surface area contributed by atoms with Gasteiger partial charge in [0.15, 0.2) is 5.78 Å². The standard InChI is InChI=1S/C17H14ClIO/c18-15-10-14(7-8-16(15)19)17(20)13-6-5-11-3-1-2-4-12(11)9-13/h5-10H,1-4H2. The predicted molar refractivity (Wildman–Crippen MR) is 90.7 cm³/mol. The number of ketones is 1. The molecule has 0 amide bonds. The summed E-state index contributed by atoms with van der Waals surface area (Å²) in [5.41, 5.74) is 4.15. The van der Waals surface area contributed by atoms with E-state index in [1.54, 1.807) is 6.07 Å². The third-order valence-corrected chi connectivity index (χ3v) is 5.36. The smallest absolute Gasteiger partial charge is 0.193 e. The highest BCUT2D eigenvalue weighted by Gasteiger charge is 2.14. The lowest BCUT2D eigenvalue weighted by atomic mass is 9.89. The van der Waals surface area contributed by atoms with Gasteiger partial charge in [-0.1, -0.05) is 23.7 Å². The molecule has 0 heterocycles. The number of hydrogen-bond acceptors (Lipinski definition) is 1. The minimum atomic E-state index is 0.0525. The van der Waals surface area contributed by atoms with Crippen molar-refractivity contribution in [2.45, 2.75) is 25.7 Å². The van der Waals surface area contributed by atoms with E-state index < -0.39 is 0 Å². The third kappa shape index (κ3) is 2.77. The van der Waals surface area contributed by atoms with E-state index in [1.165, 1.54) is 24.0 Å². The fourth-order valence-electron chi connectivity index (χ4n) is 2.68. The summed E-state index contributed by atoms with van der Waals surface area (Å²) in [6.07, 6.45) is 4.70. The molecule has 0 radical (unpaired) electrons. The van der Waals surface area contributed by atoms with Gasteiger partial charge in [-0.3, -0.25) is 4.79 Å². The molecule has 102 valence electrons. The number of aryl methyl sites for hydroxylation is 2. The summed E-state index contributed by atoms with van der Waals surface area (Å²) >= 11 is 8.27. The number of halogens is 2. The minimum absolute atomic E-state index is 0.0525. The Balaban J connectivity index is 1.95. The normalized spacial score (nSPS) is 13.9. The predicted octanol–water partition coefficient (Wildman–Crippen LogP) is 5.05. The molecule has 0 aliphatic heterocycles. The fourth-order valence-corrected chi connectivity index (χ4v) is 3.19. The van der Waals surface area contributed by atoms with Crippen LogP contribution >= 0.6 is 34.2 Å². The van der Waals surface area contributed by atoms with E-state index >= 15 is 0 Å². The van der Waals surface area contributed by atoms with E-state index in [4.69, 9.17) is 11.6 Å². The first-order valence-corrected chi connectivity index (χ1v) is 8.22. The van der Waals surface area contributed by atoms with Crippen molar-refractivity contribution >= 4 is 40.0 Å². The monoisotopic (exact) mass is 396 g/mol. The van der Waals surface area contributed by atoms with Crippen molar-refractivity contribution in [3.8, 4) is 0 Å². The van der Waals surface area contributed by atoms with Crippen LogP contribution in [0, 0.1) is 3.57 Å². The molecule has 2 aromatic carbocycles. The Bertz CT molecular complexity index is 679. The van der Waals surface area contributed by atoms with Crippen LogP contribution in [0.25, 0.3) is 0 Å². The summed E-state index contributed by atoms with van der Waals surface area (Å²) < 4.78 is 0.964. The van der Waals surface area contributed by atoms with Crippen molar-refractivity contribution < 1.29 is 4.79 Å². The van der Waals surface area contributed by atoms with Crippen molar-refractivity contribution in [3.05, 3.63) is 67.2 Å². The van der Waals surface area contributed by atoms with Gasteiger partial charge >= 0.3 is 0 Å². The van der Waals surface area contributed by atoms with Gasteiger partial charge in [0, 0.05) is 14.7 Å². The maximum Gasteiger partial charge on any atom is 0.193 e. The Kier molecular flexibility index (Phi) is 4.13. The third-order valence-electron chi connectivity index (χ3n) is 3.79. The molecule has 0 bridgehead atoms. The summed E-state index contributed by atoms with van der Waals surface area (Å²) in [4.78, 5) is 12.5. The van der Waals surface area contributed by atoms with Gasteiger partial charge in [0.2, 0.25) is 0 Å². The maximum absolute atomic E-state index is 12.5. The van der Waals surface area contributed by atoms with Crippen LogP contribution in [0.5, 0.6) is 0 Å². The first-order valence-electron chi connectivity index (χ1n) is 6.77. The molecule has 1 aliphatic carbocycles. The molecule has 0 atom stereocenters. The highest BCUT2D eigenvalue weighted by molar-refractivity contribution is 14.1. The number of fused-ring (bicyclic) bond motifs is 1. The average Bonchev–Trinajstić information content (AvgIpc) is 2.49. The van der Waals surface area contributed by atoms with Crippen molar-refractivity contribution in [1.29, 1.82) is 0 Å². The molecule has 0 saturated carbocycles. The van der Waals surface area contributed by atoms with Crippen molar-refractivity contribution in [2.75, 3.05) is 0 Å². The van der Waals surface area contributed by atoms with Crippen LogP contribution in [0.4, 0.5) is 0 Å². The van der Waals surface area contributed by atoms with Crippen molar-refractivity contribution in [3.63, 3.8) is 0 Å². The Hall–Kier alpha value is -0.870. The van der Waals surface area contributed by atoms with Crippen LogP contribution in [0.3, 0.4) is 0 Å². The molecule has 0 aromatic heterocycles. The second-order valence-corrected chi connectivity index (χ2v) is 6.72. The van der Waals surface area contributed by atoms with Crippen LogP contribution in [0.15, 0.2) is 36.4 Å². The largest absolute Gasteiger partial charge is 0.289 e. The Morgan fingerprint density at radius 2 is 1.60 bits per heavy atom. The van der Waals surface area contributed by atoms with E-state index in [2.05, 4.69) is 34.7 Å². The van der Waals surface area contributed by atoms with E-state index in [0.717, 1.165) is 22.0 Å². The summed E-state index contributed by atoms with van der Waals surface area (Å²) in [5, 5.41) is 0.634. The second-order valence-electron chi connectivity index (χ2n) is 5.15. The molecule has 2 aromatic rings. The van der Waals surface area contributed by atoms with Gasteiger partial charge in [0.25, 0.3) is 0 Å². The van der Waals surface area contributed by atoms with Crippen LogP contribution in [0.1, 0.15) is 39.9 Å². The van der Waals surface area contributed by atoms with Crippen LogP contribution in [-0.2, 0) is 12.8 Å². The van der Waals surface area contributed by atoms with Gasteiger partial charge in [-0.25, -0.2) is 0 Å². The zero-order valence-corrected chi connectivity index (χ0v) is 13.9. The maximum atomic E-state index is 12.5. The van der Waals surface area contributed by atoms with Gasteiger partial charge < -0.3 is 0 Å². The van der Waals surface area contributed by atoms with Crippen LogP contribution < -0.4 is 0 Å². The summed E-state index contributed by atoms with van der Waals surface area (Å²) in [5.74, 6) is 0.0525. The van der Waals surface area contributed by atoms with Crippen molar-refractivity contribution in [1.82, 2.24) is 0 Å². The lowest BCUT2D eigenvalue weighted by molar-refractivity contribution is 0.103. The second kappa shape index (κ2) is 5.86. The molecule has 3 heteroatoms. The van der Waals surface area contributed by atoms with Gasteiger partial charge in [-0.2, -0.15) is 0 Å². The molecule has 1 nitrogen and oxygen atoms in total. The summed E-state index contributed by atoms with van der Waals surface area (Å²) in [6.45, 7) is 0. The van der Waals surface area contributed by atoms with Gasteiger partial charge in [0.1, 0.15) is 0 Å². The molecular weight excluding hydrogens is 383 g/mol. The molecule has 0 fully saturated rings. The lowest BCUT2D eigenvalue weighted by Crippen LogP contribution is -2.07. The highest BCUT2D eigenvalue weighted by atomic mass is 127. The zero-order valence-electron chi connectivity index (χ0n) is 11.0. The molecule has 3 rings (SSSR count). The minimum Gasteiger partial charge on any atom is -0.289 e. The van der Waals surface area contributed by atoms with E-state index in [-0.39, 0.29) is 5.78 Å². The molecule has 0 N–H and O–H groups in total. The number of carbonyl (C=O) groups excluding carboxylic acids is 1. The molecule has 20 heavy (non-hydrogen) atoms. The Labute approximate surface area is 137 Å². The first kappa shape index (κ1) is 14.1. The fraction of sp³-hybridized carbons (Fsp3) is 0.235. The van der Waals surface area contributed by atoms with Crippen molar-refractivity contribution in [2.24, 2.45) is 0 Å². The molecular formula is C17H14ClIO. The average molecular weight is 397 g/mol. The molecule has 0 spiro atoms. The SMILES string of the molecule is O=C(c1ccc(I)c(Cl)c1)c1ccc2c(c1)CCCC2. The zero-order chi connectivity index (χ0) is 14.1. The quantitative estimate of drug-likeness (QED) is 0.512. The van der Waals surface area contributed by atoms with Gasteiger partial charge in [-0.05, 0) is 83.7 Å². The number of benzene rings is 2.